The van der Waals surface area contributed by atoms with E-state index in [0.29, 0.717) is 0 Å². The molecule has 1 aromatic rings. The molecule has 2 saturated heterocycles. The van der Waals surface area contributed by atoms with Crippen LogP contribution in [0.1, 0.15) is 5.56 Å². The second-order valence-corrected chi connectivity index (χ2v) is 5.34. The fourth-order valence-corrected chi connectivity index (χ4v) is 3.12. The van der Waals surface area contributed by atoms with Crippen LogP contribution in [0.4, 0.5) is 0 Å². The average molecular weight is 228 g/mol. The fourth-order valence-electron chi connectivity index (χ4n) is 3.12. The van der Waals surface area contributed by atoms with Gasteiger partial charge in [0.2, 0.25) is 0 Å². The third-order valence-corrected chi connectivity index (χ3v) is 4.06. The lowest BCUT2D eigenvalue weighted by atomic mass is 10.0. The van der Waals surface area contributed by atoms with Crippen molar-refractivity contribution >= 4 is 5.57 Å². The molecule has 0 radical (unpaired) electrons. The van der Waals surface area contributed by atoms with Crippen LogP contribution in [0.5, 0.6) is 0 Å². The monoisotopic (exact) mass is 228 g/mol. The Bertz CT molecular complexity index is 387. The average Bonchev–Trinajstić information content (AvgIpc) is 2.90. The van der Waals surface area contributed by atoms with Gasteiger partial charge in [0.15, 0.2) is 0 Å². The number of hydrogen-bond acceptors (Lipinski definition) is 2. The Morgan fingerprint density at radius 2 is 1.82 bits per heavy atom. The summed E-state index contributed by atoms with van der Waals surface area (Å²) in [5, 5.41) is 3.48. The molecule has 2 unspecified atom stereocenters. The highest BCUT2D eigenvalue weighted by Gasteiger charge is 2.35. The Morgan fingerprint density at radius 3 is 2.47 bits per heavy atom. The zero-order chi connectivity index (χ0) is 11.7. The van der Waals surface area contributed by atoms with Gasteiger partial charge in [-0.1, -0.05) is 36.9 Å². The Balaban J connectivity index is 1.60. The highest BCUT2D eigenvalue weighted by atomic mass is 15.2. The van der Waals surface area contributed by atoms with Crippen molar-refractivity contribution in [2.24, 2.45) is 11.8 Å². The fraction of sp³-hybridized carbons (Fsp3) is 0.467. The first-order chi connectivity index (χ1) is 8.33. The summed E-state index contributed by atoms with van der Waals surface area (Å²) in [5.41, 5.74) is 2.53. The third-order valence-electron chi connectivity index (χ3n) is 4.06. The summed E-state index contributed by atoms with van der Waals surface area (Å²) in [4.78, 5) is 2.56. The van der Waals surface area contributed by atoms with Crippen molar-refractivity contribution in [3.05, 3.63) is 42.5 Å². The molecule has 2 aliphatic rings. The molecule has 0 saturated carbocycles. The van der Waals surface area contributed by atoms with E-state index in [9.17, 15) is 0 Å². The molecule has 2 heteroatoms. The molecule has 2 fully saturated rings. The Hall–Kier alpha value is -1.12. The molecule has 0 spiro atoms. The van der Waals surface area contributed by atoms with Gasteiger partial charge in [-0.15, -0.1) is 0 Å². The Labute approximate surface area is 103 Å². The lowest BCUT2D eigenvalue weighted by Crippen LogP contribution is -2.27. The number of nitrogens with zero attached hydrogens (tertiary/aromatic N) is 1. The van der Waals surface area contributed by atoms with E-state index in [1.165, 1.54) is 37.3 Å². The number of nitrogens with one attached hydrogen (secondary N) is 1. The summed E-state index contributed by atoms with van der Waals surface area (Å²) in [6.45, 7) is 10.1. The first-order valence-corrected chi connectivity index (χ1v) is 6.49. The summed E-state index contributed by atoms with van der Waals surface area (Å²) in [5.74, 6) is 1.75. The minimum atomic E-state index is 0.874. The number of rotatable bonds is 3. The molecule has 1 N–H and O–H groups in total. The molecule has 17 heavy (non-hydrogen) atoms. The van der Waals surface area contributed by atoms with Crippen LogP contribution in [-0.4, -0.2) is 37.6 Å². The van der Waals surface area contributed by atoms with Crippen molar-refractivity contribution in [3.63, 3.8) is 0 Å². The predicted octanol–water partition coefficient (Wildman–Crippen LogP) is 1.85. The van der Waals surface area contributed by atoms with E-state index in [1.54, 1.807) is 0 Å². The van der Waals surface area contributed by atoms with Gasteiger partial charge >= 0.3 is 0 Å². The van der Waals surface area contributed by atoms with Gasteiger partial charge in [-0.05, 0) is 36.1 Å². The molecule has 0 bridgehead atoms. The van der Waals surface area contributed by atoms with Gasteiger partial charge < -0.3 is 5.32 Å². The van der Waals surface area contributed by atoms with Crippen LogP contribution in [0.2, 0.25) is 0 Å². The van der Waals surface area contributed by atoms with E-state index in [2.05, 4.69) is 47.1 Å². The van der Waals surface area contributed by atoms with E-state index >= 15 is 0 Å². The van der Waals surface area contributed by atoms with Crippen LogP contribution >= 0.6 is 0 Å². The second kappa shape index (κ2) is 4.63. The largest absolute Gasteiger partial charge is 0.316 e. The topological polar surface area (TPSA) is 15.3 Å². The second-order valence-electron chi connectivity index (χ2n) is 5.34. The maximum Gasteiger partial charge on any atom is 0.0234 e. The van der Waals surface area contributed by atoms with Gasteiger partial charge in [-0.3, -0.25) is 4.90 Å². The zero-order valence-corrected chi connectivity index (χ0v) is 10.2. The summed E-state index contributed by atoms with van der Waals surface area (Å²) in [6, 6.07) is 10.5. The molecule has 3 rings (SSSR count). The summed E-state index contributed by atoms with van der Waals surface area (Å²) < 4.78 is 0. The van der Waals surface area contributed by atoms with Crippen molar-refractivity contribution in [3.8, 4) is 0 Å². The molecule has 2 nitrogen and oxygen atoms in total. The van der Waals surface area contributed by atoms with E-state index in [4.69, 9.17) is 0 Å². The Kier molecular flexibility index (Phi) is 3.00. The maximum atomic E-state index is 4.23. The molecule has 2 heterocycles. The van der Waals surface area contributed by atoms with Gasteiger partial charge in [0, 0.05) is 19.6 Å². The van der Waals surface area contributed by atoms with Crippen molar-refractivity contribution in [2.75, 3.05) is 32.7 Å². The standard InChI is InChI=1S/C15H20N2/c1-12(13-5-3-2-4-6-13)9-17-10-14-7-16-8-15(14)11-17/h2-6,14-16H,1,7-11H2. The van der Waals surface area contributed by atoms with Crippen molar-refractivity contribution < 1.29 is 0 Å². The number of fused-ring (bicyclic) bond motifs is 1. The van der Waals surface area contributed by atoms with Crippen molar-refractivity contribution in [2.45, 2.75) is 0 Å². The first kappa shape index (κ1) is 11.0. The van der Waals surface area contributed by atoms with Crippen molar-refractivity contribution in [1.29, 1.82) is 0 Å². The van der Waals surface area contributed by atoms with E-state index in [0.717, 1.165) is 18.4 Å². The number of likely N-dealkylation sites (tertiary alicyclic amines) is 1. The quantitative estimate of drug-likeness (QED) is 0.849. The summed E-state index contributed by atoms with van der Waals surface area (Å²) >= 11 is 0. The molecule has 90 valence electrons. The smallest absolute Gasteiger partial charge is 0.0234 e. The van der Waals surface area contributed by atoms with Crippen LogP contribution in [-0.2, 0) is 0 Å². The number of benzene rings is 1. The molecular weight excluding hydrogens is 208 g/mol. The number of hydrogen-bond donors (Lipinski definition) is 1. The molecule has 0 aliphatic carbocycles. The molecule has 1 aromatic carbocycles. The highest BCUT2D eigenvalue weighted by molar-refractivity contribution is 5.64. The third kappa shape index (κ3) is 2.28. The predicted molar refractivity (Wildman–Crippen MR) is 71.8 cm³/mol. The minimum Gasteiger partial charge on any atom is -0.316 e. The van der Waals surface area contributed by atoms with E-state index in [-0.39, 0.29) is 0 Å². The molecule has 2 aliphatic heterocycles. The molecule has 0 aromatic heterocycles. The minimum absolute atomic E-state index is 0.874. The highest BCUT2D eigenvalue weighted by Crippen LogP contribution is 2.27. The SMILES string of the molecule is C=C(CN1CC2CNCC2C1)c1ccccc1. The van der Waals surface area contributed by atoms with Gasteiger partial charge in [-0.2, -0.15) is 0 Å². The lowest BCUT2D eigenvalue weighted by molar-refractivity contribution is 0.351. The van der Waals surface area contributed by atoms with Crippen LogP contribution in [0.15, 0.2) is 36.9 Å². The maximum absolute atomic E-state index is 4.23. The van der Waals surface area contributed by atoms with Gasteiger partial charge in [0.05, 0.1) is 0 Å². The normalized spacial score (nSPS) is 28.2. The molecular formula is C15H20N2. The van der Waals surface area contributed by atoms with Crippen molar-refractivity contribution in [1.82, 2.24) is 10.2 Å². The van der Waals surface area contributed by atoms with Gasteiger partial charge in [0.25, 0.3) is 0 Å². The van der Waals surface area contributed by atoms with Gasteiger partial charge in [-0.25, -0.2) is 0 Å². The zero-order valence-electron chi connectivity index (χ0n) is 10.2. The lowest BCUT2D eigenvalue weighted by Gasteiger charge is -2.18. The van der Waals surface area contributed by atoms with E-state index in [1.807, 2.05) is 0 Å². The van der Waals surface area contributed by atoms with E-state index < -0.39 is 0 Å². The van der Waals surface area contributed by atoms with Crippen LogP contribution in [0.3, 0.4) is 0 Å². The van der Waals surface area contributed by atoms with Crippen LogP contribution in [0.25, 0.3) is 5.57 Å². The summed E-state index contributed by atoms with van der Waals surface area (Å²) in [6.07, 6.45) is 0. The molecule has 2 atom stereocenters. The van der Waals surface area contributed by atoms with Gasteiger partial charge in [0.1, 0.15) is 0 Å². The van der Waals surface area contributed by atoms with Crippen LogP contribution < -0.4 is 5.32 Å². The first-order valence-electron chi connectivity index (χ1n) is 6.49. The summed E-state index contributed by atoms with van der Waals surface area (Å²) in [7, 11) is 0. The Morgan fingerprint density at radius 1 is 1.18 bits per heavy atom. The van der Waals surface area contributed by atoms with Crippen LogP contribution in [0, 0.1) is 11.8 Å². The molecule has 0 amide bonds.